The van der Waals surface area contributed by atoms with E-state index in [1.165, 1.54) is 22.4 Å². The van der Waals surface area contributed by atoms with Crippen molar-refractivity contribution in [3.63, 3.8) is 0 Å². The van der Waals surface area contributed by atoms with E-state index in [9.17, 15) is 4.79 Å². The molecule has 0 bridgehead atoms. The first-order valence-electron chi connectivity index (χ1n) is 9.50. The number of benzene rings is 1. The van der Waals surface area contributed by atoms with Gasteiger partial charge in [-0.2, -0.15) is 5.10 Å². The van der Waals surface area contributed by atoms with Crippen LogP contribution in [0.15, 0.2) is 48.1 Å². The van der Waals surface area contributed by atoms with Crippen molar-refractivity contribution in [1.29, 1.82) is 0 Å². The third kappa shape index (κ3) is 3.98. The zero-order chi connectivity index (χ0) is 18.8. The van der Waals surface area contributed by atoms with Crippen LogP contribution < -0.4 is 0 Å². The summed E-state index contributed by atoms with van der Waals surface area (Å²) < 4.78 is 1.93. The summed E-state index contributed by atoms with van der Waals surface area (Å²) in [4.78, 5) is 16.2. The Bertz CT molecular complexity index is 928. The van der Waals surface area contributed by atoms with E-state index in [1.807, 2.05) is 47.2 Å². The molecule has 0 fully saturated rings. The lowest BCUT2D eigenvalue weighted by Crippen LogP contribution is -2.27. The Labute approximate surface area is 164 Å². The van der Waals surface area contributed by atoms with E-state index in [1.54, 1.807) is 11.3 Å². The number of fused-ring (bicyclic) bond motifs is 1. The maximum atomic E-state index is 13.0. The fourth-order valence-corrected chi connectivity index (χ4v) is 4.99. The maximum Gasteiger partial charge on any atom is 0.255 e. The second kappa shape index (κ2) is 7.69. The second-order valence-electron chi connectivity index (χ2n) is 7.59. The van der Waals surface area contributed by atoms with Crippen LogP contribution in [0.4, 0.5) is 0 Å². The number of carbonyl (C=O) groups excluding carboxylic acids is 1. The smallest absolute Gasteiger partial charge is 0.255 e. The first kappa shape index (κ1) is 18.0. The molecule has 0 N–H and O–H groups in total. The van der Waals surface area contributed by atoms with Gasteiger partial charge in [0.15, 0.2) is 0 Å². The van der Waals surface area contributed by atoms with Crippen LogP contribution in [0, 0.1) is 5.92 Å². The number of thiophene rings is 1. The van der Waals surface area contributed by atoms with Crippen LogP contribution in [0.25, 0.3) is 0 Å². The average molecular weight is 380 g/mol. The topological polar surface area (TPSA) is 38.1 Å². The largest absolute Gasteiger partial charge is 0.337 e. The van der Waals surface area contributed by atoms with Crippen molar-refractivity contribution in [2.45, 2.75) is 39.3 Å². The molecular weight excluding hydrogens is 354 g/mol. The molecule has 4 nitrogen and oxygen atoms in total. The Morgan fingerprint density at radius 1 is 1.30 bits per heavy atom. The van der Waals surface area contributed by atoms with E-state index in [0.717, 1.165) is 36.4 Å². The predicted molar refractivity (Wildman–Crippen MR) is 109 cm³/mol. The Hall–Kier alpha value is -2.40. The molecule has 1 atom stereocenters. The minimum atomic E-state index is 0.123. The summed E-state index contributed by atoms with van der Waals surface area (Å²) >= 11 is 1.75. The van der Waals surface area contributed by atoms with Crippen molar-refractivity contribution in [2.24, 2.45) is 5.92 Å². The van der Waals surface area contributed by atoms with Gasteiger partial charge in [-0.15, -0.1) is 11.3 Å². The van der Waals surface area contributed by atoms with Crippen molar-refractivity contribution >= 4 is 17.2 Å². The Kier molecular flexibility index (Phi) is 5.12. The minimum Gasteiger partial charge on any atom is -0.337 e. The van der Waals surface area contributed by atoms with E-state index < -0.39 is 0 Å². The lowest BCUT2D eigenvalue weighted by atomic mass is 9.88. The highest BCUT2D eigenvalue weighted by atomic mass is 32.1. The third-order valence-corrected chi connectivity index (χ3v) is 6.32. The Morgan fingerprint density at radius 3 is 2.93 bits per heavy atom. The van der Waals surface area contributed by atoms with Crippen molar-refractivity contribution < 1.29 is 4.79 Å². The summed E-state index contributed by atoms with van der Waals surface area (Å²) in [6, 6.07) is 10.3. The second-order valence-corrected chi connectivity index (χ2v) is 8.56. The van der Waals surface area contributed by atoms with Gasteiger partial charge in [0, 0.05) is 35.6 Å². The van der Waals surface area contributed by atoms with E-state index >= 15 is 0 Å². The Morgan fingerprint density at radius 2 is 2.11 bits per heavy atom. The van der Waals surface area contributed by atoms with Gasteiger partial charge in [-0.3, -0.25) is 9.48 Å². The zero-order valence-electron chi connectivity index (χ0n) is 15.9. The van der Waals surface area contributed by atoms with Gasteiger partial charge in [-0.05, 0) is 36.3 Å². The van der Waals surface area contributed by atoms with Gasteiger partial charge in [0.25, 0.3) is 5.91 Å². The van der Waals surface area contributed by atoms with Crippen molar-refractivity contribution in [2.75, 3.05) is 7.05 Å². The summed E-state index contributed by atoms with van der Waals surface area (Å²) in [5.41, 5.74) is 4.46. The molecule has 0 saturated heterocycles. The molecule has 1 aliphatic carbocycles. The zero-order valence-corrected chi connectivity index (χ0v) is 16.7. The molecule has 0 saturated carbocycles. The highest BCUT2D eigenvalue weighted by Gasteiger charge is 2.25. The summed E-state index contributed by atoms with van der Waals surface area (Å²) in [5.74, 6) is 0.852. The first-order chi connectivity index (χ1) is 13.1. The maximum absolute atomic E-state index is 13.0. The fourth-order valence-electron chi connectivity index (χ4n) is 3.75. The lowest BCUT2D eigenvalue weighted by Gasteiger charge is -2.21. The molecule has 0 spiro atoms. The van der Waals surface area contributed by atoms with Crippen LogP contribution in [0.2, 0.25) is 0 Å². The first-order valence-corrected chi connectivity index (χ1v) is 10.4. The van der Waals surface area contributed by atoms with Crippen LogP contribution in [0.5, 0.6) is 0 Å². The molecule has 3 aromatic rings. The van der Waals surface area contributed by atoms with E-state index in [2.05, 4.69) is 29.5 Å². The summed E-state index contributed by atoms with van der Waals surface area (Å²) in [6.07, 6.45) is 7.21. The van der Waals surface area contributed by atoms with E-state index in [4.69, 9.17) is 0 Å². The Balaban J connectivity index is 1.42. The van der Waals surface area contributed by atoms with Crippen LogP contribution in [0.1, 0.15) is 45.3 Å². The lowest BCUT2D eigenvalue weighted by molar-refractivity contribution is 0.0784. The number of carbonyl (C=O) groups is 1. The molecule has 140 valence electrons. The number of nitrogens with zero attached hydrogens (tertiary/aromatic N) is 3. The third-order valence-electron chi connectivity index (χ3n) is 5.27. The molecular formula is C22H25N3OS. The SMILES string of the molecule is C[C@@H]1CCc2c(C(=O)N(C)Cc3cnn(Cc4ccccc4)c3)csc2C1. The molecule has 27 heavy (non-hydrogen) atoms. The number of rotatable bonds is 5. The molecule has 1 aliphatic rings. The van der Waals surface area contributed by atoms with Crippen LogP contribution in [-0.4, -0.2) is 27.6 Å². The van der Waals surface area contributed by atoms with Gasteiger partial charge >= 0.3 is 0 Å². The quantitative estimate of drug-likeness (QED) is 0.659. The average Bonchev–Trinajstić information content (AvgIpc) is 3.28. The molecule has 1 aromatic carbocycles. The highest BCUT2D eigenvalue weighted by Crippen LogP contribution is 2.33. The van der Waals surface area contributed by atoms with E-state index in [0.29, 0.717) is 6.54 Å². The fraction of sp³-hybridized carbons (Fsp3) is 0.364. The highest BCUT2D eigenvalue weighted by molar-refractivity contribution is 7.10. The summed E-state index contributed by atoms with van der Waals surface area (Å²) in [5, 5.41) is 6.50. The number of aromatic nitrogens is 2. The molecule has 5 heteroatoms. The van der Waals surface area contributed by atoms with Crippen LogP contribution >= 0.6 is 11.3 Å². The normalized spacial score (nSPS) is 16.1. The molecule has 2 heterocycles. The molecule has 2 aromatic heterocycles. The van der Waals surface area contributed by atoms with Gasteiger partial charge in [0.1, 0.15) is 0 Å². The molecule has 0 radical (unpaired) electrons. The number of amides is 1. The summed E-state index contributed by atoms with van der Waals surface area (Å²) in [7, 11) is 1.88. The van der Waals surface area contributed by atoms with Gasteiger partial charge < -0.3 is 4.90 Å². The van der Waals surface area contributed by atoms with Gasteiger partial charge in [-0.25, -0.2) is 0 Å². The van der Waals surface area contributed by atoms with Crippen molar-refractivity contribution in [3.05, 3.63) is 75.2 Å². The molecule has 4 rings (SSSR count). The van der Waals surface area contributed by atoms with E-state index in [-0.39, 0.29) is 5.91 Å². The van der Waals surface area contributed by atoms with Crippen LogP contribution in [-0.2, 0) is 25.9 Å². The molecule has 0 unspecified atom stereocenters. The molecule has 0 aliphatic heterocycles. The summed E-state index contributed by atoms with van der Waals surface area (Å²) in [6.45, 7) is 3.62. The van der Waals surface area contributed by atoms with Crippen molar-refractivity contribution in [1.82, 2.24) is 14.7 Å². The number of hydrogen-bond donors (Lipinski definition) is 0. The number of hydrogen-bond acceptors (Lipinski definition) is 3. The van der Waals surface area contributed by atoms with Crippen LogP contribution in [0.3, 0.4) is 0 Å². The van der Waals surface area contributed by atoms with Crippen molar-refractivity contribution in [3.8, 4) is 0 Å². The van der Waals surface area contributed by atoms with Gasteiger partial charge in [0.05, 0.1) is 18.3 Å². The van der Waals surface area contributed by atoms with Gasteiger partial charge in [-0.1, -0.05) is 37.3 Å². The predicted octanol–water partition coefficient (Wildman–Crippen LogP) is 4.39. The minimum absolute atomic E-state index is 0.123. The standard InChI is InChI=1S/C22H25N3OS/c1-16-8-9-19-20(15-27-21(19)10-16)22(26)24(2)12-18-11-23-25(14-18)13-17-6-4-3-5-7-17/h3-7,11,14-16H,8-10,12-13H2,1-2H3/t16-/m1/s1. The molecule has 1 amide bonds. The monoisotopic (exact) mass is 379 g/mol. The van der Waals surface area contributed by atoms with Gasteiger partial charge in [0.2, 0.25) is 0 Å².